The van der Waals surface area contributed by atoms with Gasteiger partial charge in [0.2, 0.25) is 17.7 Å². The summed E-state index contributed by atoms with van der Waals surface area (Å²) in [5.74, 6) is -0.783. The number of carbonyl (C=O) groups is 3. The summed E-state index contributed by atoms with van der Waals surface area (Å²) in [4.78, 5) is 41.7. The van der Waals surface area contributed by atoms with E-state index < -0.39 is 6.04 Å². The molecule has 2 fully saturated rings. The number of morpholine rings is 1. The van der Waals surface area contributed by atoms with Gasteiger partial charge in [-0.2, -0.15) is 0 Å². The Kier molecular flexibility index (Phi) is 5.04. The molecule has 132 valence electrons. The Bertz CT molecular complexity index is 525. The number of hydrogen-bond donors (Lipinski definition) is 0. The first kappa shape index (κ1) is 17.1. The number of imide groups is 1. The number of amides is 3. The molecule has 0 radical (unpaired) electrons. The molecule has 0 saturated carbocycles. The van der Waals surface area contributed by atoms with E-state index >= 15 is 0 Å². The van der Waals surface area contributed by atoms with Crippen molar-refractivity contribution in [1.82, 2.24) is 9.80 Å². The van der Waals surface area contributed by atoms with E-state index in [1.807, 2.05) is 26.0 Å². The fourth-order valence-electron chi connectivity index (χ4n) is 3.89. The summed E-state index contributed by atoms with van der Waals surface area (Å²) in [6, 6.07) is -0.673. The van der Waals surface area contributed by atoms with E-state index in [2.05, 4.69) is 0 Å². The highest BCUT2D eigenvalue weighted by atomic mass is 16.5. The molecule has 3 amide bonds. The molecule has 1 aliphatic carbocycles. The molecular formula is C18H26N2O4. The number of hydrogen-bond acceptors (Lipinski definition) is 4. The molecule has 2 heterocycles. The lowest BCUT2D eigenvalue weighted by Crippen LogP contribution is -2.54. The molecule has 3 atom stereocenters. The number of allylic oxidation sites excluding steroid dienone is 2. The summed E-state index contributed by atoms with van der Waals surface area (Å²) in [5.41, 5.74) is 0. The van der Waals surface area contributed by atoms with Crippen molar-refractivity contribution in [2.24, 2.45) is 17.8 Å². The third-order valence-corrected chi connectivity index (χ3v) is 5.16. The Morgan fingerprint density at radius 1 is 1.12 bits per heavy atom. The molecule has 2 aliphatic heterocycles. The SMILES string of the molecule is CC(C)CC(C(=O)N1CCOCC1)N1C(=O)C2CC=CCC2C1=O. The molecule has 0 aromatic carbocycles. The minimum atomic E-state index is -0.673. The lowest BCUT2D eigenvalue weighted by atomic mass is 9.85. The van der Waals surface area contributed by atoms with Crippen molar-refractivity contribution in [1.29, 1.82) is 0 Å². The first-order chi connectivity index (χ1) is 11.5. The van der Waals surface area contributed by atoms with Crippen LogP contribution in [0.3, 0.4) is 0 Å². The van der Waals surface area contributed by atoms with Crippen LogP contribution in [0.15, 0.2) is 12.2 Å². The van der Waals surface area contributed by atoms with Gasteiger partial charge in [0.15, 0.2) is 0 Å². The maximum absolute atomic E-state index is 13.0. The summed E-state index contributed by atoms with van der Waals surface area (Å²) in [5, 5.41) is 0. The second-order valence-electron chi connectivity index (χ2n) is 7.29. The van der Waals surface area contributed by atoms with Crippen molar-refractivity contribution >= 4 is 17.7 Å². The van der Waals surface area contributed by atoms with Crippen LogP contribution in [0.1, 0.15) is 33.1 Å². The highest BCUT2D eigenvalue weighted by Gasteiger charge is 2.51. The van der Waals surface area contributed by atoms with Gasteiger partial charge in [-0.3, -0.25) is 19.3 Å². The quantitative estimate of drug-likeness (QED) is 0.572. The Hall–Kier alpha value is -1.69. The number of fused-ring (bicyclic) bond motifs is 1. The van der Waals surface area contributed by atoms with Gasteiger partial charge in [-0.25, -0.2) is 0 Å². The van der Waals surface area contributed by atoms with Crippen molar-refractivity contribution in [3.8, 4) is 0 Å². The third kappa shape index (κ3) is 3.11. The van der Waals surface area contributed by atoms with Crippen LogP contribution >= 0.6 is 0 Å². The highest BCUT2D eigenvalue weighted by Crippen LogP contribution is 2.37. The van der Waals surface area contributed by atoms with E-state index in [0.29, 0.717) is 45.6 Å². The monoisotopic (exact) mass is 334 g/mol. The maximum atomic E-state index is 13.0. The van der Waals surface area contributed by atoms with Crippen LogP contribution in [0.2, 0.25) is 0 Å². The first-order valence-corrected chi connectivity index (χ1v) is 8.89. The summed E-state index contributed by atoms with van der Waals surface area (Å²) < 4.78 is 5.31. The van der Waals surface area contributed by atoms with E-state index in [0.717, 1.165) is 0 Å². The largest absolute Gasteiger partial charge is 0.378 e. The van der Waals surface area contributed by atoms with Crippen LogP contribution < -0.4 is 0 Å². The first-order valence-electron chi connectivity index (χ1n) is 8.89. The van der Waals surface area contributed by atoms with Crippen molar-refractivity contribution < 1.29 is 19.1 Å². The molecule has 0 aromatic rings. The number of nitrogens with zero attached hydrogens (tertiary/aromatic N) is 2. The van der Waals surface area contributed by atoms with E-state index in [9.17, 15) is 14.4 Å². The van der Waals surface area contributed by atoms with Gasteiger partial charge < -0.3 is 9.64 Å². The molecule has 0 spiro atoms. The van der Waals surface area contributed by atoms with Crippen LogP contribution in [0, 0.1) is 17.8 Å². The van der Waals surface area contributed by atoms with Gasteiger partial charge in [-0.1, -0.05) is 26.0 Å². The lowest BCUT2D eigenvalue weighted by Gasteiger charge is -2.34. The summed E-state index contributed by atoms with van der Waals surface area (Å²) in [7, 11) is 0. The van der Waals surface area contributed by atoms with E-state index in [1.165, 1.54) is 4.90 Å². The normalized spacial score (nSPS) is 28.5. The second-order valence-corrected chi connectivity index (χ2v) is 7.29. The maximum Gasteiger partial charge on any atom is 0.246 e. The molecule has 0 bridgehead atoms. The average Bonchev–Trinajstić information content (AvgIpc) is 2.84. The molecular weight excluding hydrogens is 308 g/mol. The zero-order valence-corrected chi connectivity index (χ0v) is 14.4. The Morgan fingerprint density at radius 3 is 2.17 bits per heavy atom. The van der Waals surface area contributed by atoms with Gasteiger partial charge in [0.05, 0.1) is 25.0 Å². The smallest absolute Gasteiger partial charge is 0.246 e. The summed E-state index contributed by atoms with van der Waals surface area (Å²) in [6.45, 7) is 6.10. The zero-order valence-electron chi connectivity index (χ0n) is 14.4. The van der Waals surface area contributed by atoms with Gasteiger partial charge in [0, 0.05) is 13.1 Å². The Balaban J connectivity index is 1.84. The Labute approximate surface area is 142 Å². The summed E-state index contributed by atoms with van der Waals surface area (Å²) in [6.07, 6.45) is 5.66. The van der Waals surface area contributed by atoms with Crippen molar-refractivity contribution in [3.63, 3.8) is 0 Å². The predicted molar refractivity (Wildman–Crippen MR) is 87.8 cm³/mol. The van der Waals surface area contributed by atoms with Crippen molar-refractivity contribution in [2.75, 3.05) is 26.3 Å². The fourth-order valence-corrected chi connectivity index (χ4v) is 3.89. The minimum absolute atomic E-state index is 0.111. The number of ether oxygens (including phenoxy) is 1. The van der Waals surface area contributed by atoms with Gasteiger partial charge >= 0.3 is 0 Å². The molecule has 3 unspecified atom stereocenters. The van der Waals surface area contributed by atoms with Gasteiger partial charge in [0.1, 0.15) is 6.04 Å². The fraction of sp³-hybridized carbons (Fsp3) is 0.722. The molecule has 3 rings (SSSR count). The summed E-state index contributed by atoms with van der Waals surface area (Å²) >= 11 is 0. The van der Waals surface area contributed by atoms with E-state index in [1.54, 1.807) is 4.90 Å². The standard InChI is InChI=1S/C18H26N2O4/c1-12(2)11-15(18(23)19-7-9-24-10-8-19)20-16(21)13-5-3-4-6-14(13)17(20)22/h3-4,12-15H,5-11H2,1-2H3. The van der Waals surface area contributed by atoms with Gasteiger partial charge in [-0.05, 0) is 25.2 Å². The van der Waals surface area contributed by atoms with Crippen LogP contribution in [-0.2, 0) is 19.1 Å². The van der Waals surface area contributed by atoms with Crippen molar-refractivity contribution in [3.05, 3.63) is 12.2 Å². The third-order valence-electron chi connectivity index (χ3n) is 5.16. The molecule has 24 heavy (non-hydrogen) atoms. The zero-order chi connectivity index (χ0) is 17.3. The van der Waals surface area contributed by atoms with Crippen LogP contribution in [0.25, 0.3) is 0 Å². The second kappa shape index (κ2) is 7.05. The Morgan fingerprint density at radius 2 is 1.67 bits per heavy atom. The molecule has 0 aromatic heterocycles. The molecule has 6 heteroatoms. The molecule has 3 aliphatic rings. The number of carbonyl (C=O) groups excluding carboxylic acids is 3. The predicted octanol–water partition coefficient (Wildman–Crippen LogP) is 1.21. The van der Waals surface area contributed by atoms with Crippen LogP contribution in [-0.4, -0.2) is 59.9 Å². The highest BCUT2D eigenvalue weighted by molar-refractivity contribution is 6.08. The number of likely N-dealkylation sites (tertiary alicyclic amines) is 1. The minimum Gasteiger partial charge on any atom is -0.378 e. The van der Waals surface area contributed by atoms with E-state index in [4.69, 9.17) is 4.74 Å². The molecule has 6 nitrogen and oxygen atoms in total. The van der Waals surface area contributed by atoms with Crippen molar-refractivity contribution in [2.45, 2.75) is 39.2 Å². The number of rotatable bonds is 4. The van der Waals surface area contributed by atoms with Gasteiger partial charge in [-0.15, -0.1) is 0 Å². The average molecular weight is 334 g/mol. The van der Waals surface area contributed by atoms with Gasteiger partial charge in [0.25, 0.3) is 0 Å². The molecule has 2 saturated heterocycles. The molecule has 0 N–H and O–H groups in total. The van der Waals surface area contributed by atoms with Crippen LogP contribution in [0.4, 0.5) is 0 Å². The lowest BCUT2D eigenvalue weighted by molar-refractivity contribution is -0.154. The van der Waals surface area contributed by atoms with Crippen LogP contribution in [0.5, 0.6) is 0 Å². The topological polar surface area (TPSA) is 66.9 Å². The van der Waals surface area contributed by atoms with E-state index in [-0.39, 0.29) is 35.5 Å².